The molecule has 3 aromatic rings. The minimum absolute atomic E-state index is 0.0645. The molecule has 166 valence electrons. The predicted octanol–water partition coefficient (Wildman–Crippen LogP) is 4.53. The van der Waals surface area contributed by atoms with Gasteiger partial charge in [-0.2, -0.15) is 13.2 Å². The highest BCUT2D eigenvalue weighted by molar-refractivity contribution is 6.31. The van der Waals surface area contributed by atoms with Gasteiger partial charge in [-0.15, -0.1) is 0 Å². The second kappa shape index (κ2) is 10.2. The van der Waals surface area contributed by atoms with E-state index < -0.39 is 17.8 Å². The Morgan fingerprint density at radius 3 is 2.45 bits per heavy atom. The first-order valence-electron chi connectivity index (χ1n) is 9.62. The fraction of sp³-hybridized carbons (Fsp3) is 0.318. The summed E-state index contributed by atoms with van der Waals surface area (Å²) < 4.78 is 45.4. The van der Waals surface area contributed by atoms with E-state index in [0.717, 1.165) is 23.5 Å². The molecule has 0 spiro atoms. The number of nitrogens with zero attached hydrogens (tertiary/aromatic N) is 3. The third kappa shape index (κ3) is 6.72. The van der Waals surface area contributed by atoms with Crippen LogP contribution in [0.2, 0.25) is 5.02 Å². The summed E-state index contributed by atoms with van der Waals surface area (Å²) >= 11 is 6.29. The number of hydrogen-bond acceptors (Lipinski definition) is 4. The van der Waals surface area contributed by atoms with E-state index in [2.05, 4.69) is 4.98 Å². The summed E-state index contributed by atoms with van der Waals surface area (Å²) in [4.78, 5) is 6.32. The Hall–Kier alpha value is -2.55. The molecule has 3 rings (SSSR count). The van der Waals surface area contributed by atoms with Crippen molar-refractivity contribution in [2.75, 3.05) is 13.2 Å². The summed E-state index contributed by atoms with van der Waals surface area (Å²) in [5, 5.41) is 11.1. The molecule has 31 heavy (non-hydrogen) atoms. The van der Waals surface area contributed by atoms with Crippen molar-refractivity contribution in [3.63, 3.8) is 0 Å². The highest BCUT2D eigenvalue weighted by Crippen LogP contribution is 2.30. The molecule has 0 aliphatic heterocycles. The van der Waals surface area contributed by atoms with Crippen LogP contribution in [0.15, 0.2) is 60.9 Å². The number of rotatable bonds is 9. The van der Waals surface area contributed by atoms with Crippen molar-refractivity contribution in [3.05, 3.63) is 82.9 Å². The van der Waals surface area contributed by atoms with Crippen LogP contribution in [-0.2, 0) is 26.3 Å². The lowest BCUT2D eigenvalue weighted by Crippen LogP contribution is -2.35. The van der Waals surface area contributed by atoms with E-state index in [-0.39, 0.29) is 18.9 Å². The summed E-state index contributed by atoms with van der Waals surface area (Å²) in [6.07, 6.45) is -1.73. The Kier molecular flexibility index (Phi) is 7.59. The maximum atomic E-state index is 12.7. The zero-order valence-corrected chi connectivity index (χ0v) is 17.6. The molecule has 1 aromatic heterocycles. The molecule has 0 saturated carbocycles. The number of aliphatic hydroxyl groups is 1. The average molecular weight is 454 g/mol. The Bertz CT molecular complexity index is 977. The molecular weight excluding hydrogens is 431 g/mol. The van der Waals surface area contributed by atoms with Gasteiger partial charge in [0.05, 0.1) is 12.1 Å². The molecule has 0 saturated heterocycles. The van der Waals surface area contributed by atoms with Crippen LogP contribution in [0.25, 0.3) is 0 Å². The normalized spacial score (nSPS) is 12.9. The molecule has 0 aliphatic carbocycles. The van der Waals surface area contributed by atoms with Gasteiger partial charge in [-0.1, -0.05) is 29.8 Å². The quantitative estimate of drug-likeness (QED) is 0.517. The smallest absolute Gasteiger partial charge is 0.416 e. The third-order valence-corrected chi connectivity index (χ3v) is 5.10. The number of ether oxygens (including phenoxy) is 1. The van der Waals surface area contributed by atoms with Gasteiger partial charge >= 0.3 is 6.18 Å². The number of alkyl halides is 3. The maximum Gasteiger partial charge on any atom is 0.416 e. The van der Waals surface area contributed by atoms with E-state index in [1.165, 1.54) is 12.1 Å². The molecule has 0 radical (unpaired) electrons. The standard InChI is InChI=1S/C22H23ClF3N3O2/c1-28-11-10-27-21(28)14-29(12-16-4-2-3-5-20(16)23)13-18(30)15-31-19-8-6-17(7-9-19)22(24,25)26/h2-11,18,30H,12-15H2,1H3. The Morgan fingerprint density at radius 1 is 1.13 bits per heavy atom. The first-order chi connectivity index (χ1) is 14.7. The predicted molar refractivity (Wildman–Crippen MR) is 112 cm³/mol. The lowest BCUT2D eigenvalue weighted by Gasteiger charge is -2.25. The van der Waals surface area contributed by atoms with Crippen LogP contribution in [0.3, 0.4) is 0 Å². The lowest BCUT2D eigenvalue weighted by molar-refractivity contribution is -0.137. The number of benzene rings is 2. The highest BCUT2D eigenvalue weighted by Gasteiger charge is 2.30. The fourth-order valence-corrected chi connectivity index (χ4v) is 3.28. The third-order valence-electron chi connectivity index (χ3n) is 4.73. The average Bonchev–Trinajstić information content (AvgIpc) is 3.12. The van der Waals surface area contributed by atoms with E-state index >= 15 is 0 Å². The summed E-state index contributed by atoms with van der Waals surface area (Å²) in [6, 6.07) is 11.8. The van der Waals surface area contributed by atoms with Gasteiger partial charge in [-0.25, -0.2) is 4.98 Å². The van der Waals surface area contributed by atoms with Crippen LogP contribution in [-0.4, -0.2) is 38.8 Å². The summed E-state index contributed by atoms with van der Waals surface area (Å²) in [7, 11) is 1.89. The maximum absolute atomic E-state index is 12.7. The molecule has 5 nitrogen and oxygen atoms in total. The molecule has 0 amide bonds. The van der Waals surface area contributed by atoms with Gasteiger partial charge in [0.1, 0.15) is 24.3 Å². The second-order valence-corrected chi connectivity index (χ2v) is 7.61. The monoisotopic (exact) mass is 453 g/mol. The van der Waals surface area contributed by atoms with Gasteiger partial charge in [0.15, 0.2) is 0 Å². The molecule has 9 heteroatoms. The van der Waals surface area contributed by atoms with Crippen LogP contribution in [0.5, 0.6) is 5.75 Å². The summed E-state index contributed by atoms with van der Waals surface area (Å²) in [6.45, 7) is 1.17. The van der Waals surface area contributed by atoms with Crippen molar-refractivity contribution in [1.82, 2.24) is 14.5 Å². The summed E-state index contributed by atoms with van der Waals surface area (Å²) in [5.74, 6) is 1.08. The number of aromatic nitrogens is 2. The van der Waals surface area contributed by atoms with Gasteiger partial charge in [0.2, 0.25) is 0 Å². The Balaban J connectivity index is 1.62. The van der Waals surface area contributed by atoms with Crippen molar-refractivity contribution < 1.29 is 23.0 Å². The van der Waals surface area contributed by atoms with Gasteiger partial charge < -0.3 is 14.4 Å². The van der Waals surface area contributed by atoms with E-state index in [1.807, 2.05) is 40.9 Å². The minimum atomic E-state index is -4.40. The van der Waals surface area contributed by atoms with E-state index in [1.54, 1.807) is 12.3 Å². The molecule has 1 N–H and O–H groups in total. The van der Waals surface area contributed by atoms with Crippen LogP contribution < -0.4 is 4.74 Å². The first-order valence-corrected chi connectivity index (χ1v) is 10.0. The number of halogens is 4. The van der Waals surface area contributed by atoms with E-state index in [4.69, 9.17) is 16.3 Å². The Labute approximate surface area is 183 Å². The molecule has 2 aromatic carbocycles. The fourth-order valence-electron chi connectivity index (χ4n) is 3.08. The van der Waals surface area contributed by atoms with Gasteiger partial charge in [-0.05, 0) is 35.9 Å². The Morgan fingerprint density at radius 2 is 1.84 bits per heavy atom. The molecular formula is C22H23ClF3N3O2. The molecule has 0 aliphatic rings. The highest BCUT2D eigenvalue weighted by atomic mass is 35.5. The van der Waals surface area contributed by atoms with Crippen molar-refractivity contribution in [2.45, 2.75) is 25.4 Å². The van der Waals surface area contributed by atoms with Crippen LogP contribution in [0.1, 0.15) is 17.0 Å². The van der Waals surface area contributed by atoms with Crippen molar-refractivity contribution in [3.8, 4) is 5.75 Å². The molecule has 1 unspecified atom stereocenters. The largest absolute Gasteiger partial charge is 0.491 e. The van der Waals surface area contributed by atoms with Crippen molar-refractivity contribution >= 4 is 11.6 Å². The van der Waals surface area contributed by atoms with Crippen LogP contribution in [0, 0.1) is 0 Å². The zero-order chi connectivity index (χ0) is 22.4. The topological polar surface area (TPSA) is 50.5 Å². The van der Waals surface area contributed by atoms with Crippen molar-refractivity contribution in [2.24, 2.45) is 7.05 Å². The molecule has 1 heterocycles. The zero-order valence-electron chi connectivity index (χ0n) is 16.9. The molecule has 0 bridgehead atoms. The number of aryl methyl sites for hydroxylation is 1. The number of aliphatic hydroxyl groups excluding tert-OH is 1. The molecule has 0 fully saturated rings. The number of hydrogen-bond donors (Lipinski definition) is 1. The van der Waals surface area contributed by atoms with Crippen molar-refractivity contribution in [1.29, 1.82) is 0 Å². The van der Waals surface area contributed by atoms with Crippen LogP contribution >= 0.6 is 11.6 Å². The van der Waals surface area contributed by atoms with Gasteiger partial charge in [0.25, 0.3) is 0 Å². The lowest BCUT2D eigenvalue weighted by atomic mass is 10.2. The van der Waals surface area contributed by atoms with Gasteiger partial charge in [0, 0.05) is 37.6 Å². The first kappa shape index (κ1) is 23.1. The van der Waals surface area contributed by atoms with E-state index in [0.29, 0.717) is 18.1 Å². The second-order valence-electron chi connectivity index (χ2n) is 7.20. The molecule has 1 atom stereocenters. The minimum Gasteiger partial charge on any atom is -0.491 e. The van der Waals surface area contributed by atoms with E-state index in [9.17, 15) is 18.3 Å². The van der Waals surface area contributed by atoms with Gasteiger partial charge in [-0.3, -0.25) is 4.90 Å². The van der Waals surface area contributed by atoms with Crippen LogP contribution in [0.4, 0.5) is 13.2 Å². The number of imidazole rings is 1. The summed E-state index contributed by atoms with van der Waals surface area (Å²) in [5.41, 5.74) is 0.163. The SMILES string of the molecule is Cn1ccnc1CN(Cc1ccccc1Cl)CC(O)COc1ccc(C(F)(F)F)cc1.